The van der Waals surface area contributed by atoms with Gasteiger partial charge in [-0.25, -0.2) is 0 Å². The highest BCUT2D eigenvalue weighted by Crippen LogP contribution is 2.56. The highest BCUT2D eigenvalue weighted by atomic mass is 33.1. The molecule has 0 aliphatic carbocycles. The van der Waals surface area contributed by atoms with Crippen LogP contribution in [-0.2, 0) is 4.57 Å². The van der Waals surface area contributed by atoms with Gasteiger partial charge in [0.15, 0.2) is 0 Å². The van der Waals surface area contributed by atoms with Crippen molar-refractivity contribution in [3.8, 4) is 0 Å². The van der Waals surface area contributed by atoms with Crippen LogP contribution in [0.15, 0.2) is 70.5 Å². The monoisotopic (exact) mass is 265 g/mol. The van der Waals surface area contributed by atoms with Crippen molar-refractivity contribution >= 4 is 29.0 Å². The summed E-state index contributed by atoms with van der Waals surface area (Å²) < 4.78 is 11.9. The summed E-state index contributed by atoms with van der Waals surface area (Å²) in [6, 6.07) is 19.7. The van der Waals surface area contributed by atoms with E-state index in [9.17, 15) is 4.57 Å². The van der Waals surface area contributed by atoms with Gasteiger partial charge in [-0.05, 0) is 47.0 Å². The van der Waals surface area contributed by atoms with E-state index < -0.39 is 6.20 Å². The molecule has 4 heteroatoms. The molecule has 0 N–H and O–H groups in total. The molecule has 0 atom stereocenters. The van der Waals surface area contributed by atoms with Crippen LogP contribution in [-0.4, -0.2) is 0 Å². The molecule has 0 saturated heterocycles. The van der Waals surface area contributed by atoms with Crippen LogP contribution < -0.4 is 0 Å². The first kappa shape index (κ1) is 11.7. The van der Waals surface area contributed by atoms with Gasteiger partial charge in [-0.3, -0.25) is 4.57 Å². The molecule has 1 radical (unpaired) electrons. The Morgan fingerprint density at radius 2 is 1.06 bits per heavy atom. The number of rotatable bonds is 4. The van der Waals surface area contributed by atoms with E-state index in [4.69, 9.17) is 0 Å². The molecule has 0 spiro atoms. The van der Waals surface area contributed by atoms with Gasteiger partial charge in [0, 0.05) is 9.79 Å². The molecule has 16 heavy (non-hydrogen) atoms. The minimum absolute atomic E-state index is 1.05. The predicted octanol–water partition coefficient (Wildman–Crippen LogP) is 5.23. The molecule has 0 aromatic heterocycles. The average Bonchev–Trinajstić information content (AvgIpc) is 2.31. The molecule has 0 aliphatic heterocycles. The highest BCUT2D eigenvalue weighted by molar-refractivity contribution is 8.84. The Labute approximate surface area is 104 Å². The standard InChI is InChI=1S/C12H10OPS2/c13-14(15-11-7-3-1-4-8-11)16-12-9-5-2-6-10-12/h1-10H. The SMILES string of the molecule is O=[P](Sc1ccccc1)Sc1ccccc1. The minimum Gasteiger partial charge on any atom is -0.263 e. The molecular weight excluding hydrogens is 255 g/mol. The molecule has 0 bridgehead atoms. The number of benzene rings is 2. The second kappa shape index (κ2) is 6.09. The normalized spacial score (nSPS) is 10.0. The van der Waals surface area contributed by atoms with E-state index in [0.29, 0.717) is 0 Å². The maximum Gasteiger partial charge on any atom is 0.203 e. The van der Waals surface area contributed by atoms with E-state index in [1.807, 2.05) is 60.7 Å². The van der Waals surface area contributed by atoms with Gasteiger partial charge in [-0.1, -0.05) is 36.4 Å². The zero-order valence-electron chi connectivity index (χ0n) is 8.45. The van der Waals surface area contributed by atoms with Crippen molar-refractivity contribution in [2.24, 2.45) is 0 Å². The van der Waals surface area contributed by atoms with Crippen LogP contribution in [0.3, 0.4) is 0 Å². The minimum atomic E-state index is -1.35. The summed E-state index contributed by atoms with van der Waals surface area (Å²) in [5, 5.41) is 0. The van der Waals surface area contributed by atoms with Crippen LogP contribution in [0, 0.1) is 0 Å². The molecule has 2 aromatic rings. The van der Waals surface area contributed by atoms with Crippen LogP contribution in [0.2, 0.25) is 0 Å². The van der Waals surface area contributed by atoms with E-state index in [1.54, 1.807) is 0 Å². The number of hydrogen-bond acceptors (Lipinski definition) is 3. The van der Waals surface area contributed by atoms with Gasteiger partial charge >= 0.3 is 0 Å². The average molecular weight is 265 g/mol. The van der Waals surface area contributed by atoms with Gasteiger partial charge in [0.25, 0.3) is 0 Å². The molecule has 1 nitrogen and oxygen atoms in total. The Kier molecular flexibility index (Phi) is 4.46. The van der Waals surface area contributed by atoms with Crippen molar-refractivity contribution in [2.45, 2.75) is 9.79 Å². The van der Waals surface area contributed by atoms with Crippen LogP contribution in [0.4, 0.5) is 0 Å². The van der Waals surface area contributed by atoms with Gasteiger partial charge in [0.05, 0.1) is 0 Å². The van der Waals surface area contributed by atoms with Crippen molar-refractivity contribution in [2.75, 3.05) is 0 Å². The fraction of sp³-hybridized carbons (Fsp3) is 0. The third-order valence-corrected chi connectivity index (χ3v) is 6.61. The van der Waals surface area contributed by atoms with Gasteiger partial charge in [0.1, 0.15) is 0 Å². The molecule has 0 heterocycles. The molecule has 0 aliphatic rings. The van der Waals surface area contributed by atoms with Gasteiger partial charge in [0.2, 0.25) is 6.20 Å². The Balaban J connectivity index is 1.95. The molecule has 0 amide bonds. The fourth-order valence-electron chi connectivity index (χ4n) is 1.15. The van der Waals surface area contributed by atoms with E-state index in [1.165, 1.54) is 22.8 Å². The Bertz CT molecular complexity index is 415. The molecule has 2 aromatic carbocycles. The van der Waals surface area contributed by atoms with E-state index >= 15 is 0 Å². The van der Waals surface area contributed by atoms with Gasteiger partial charge < -0.3 is 0 Å². The lowest BCUT2D eigenvalue weighted by molar-refractivity contribution is 0.603. The van der Waals surface area contributed by atoms with Crippen molar-refractivity contribution in [1.29, 1.82) is 0 Å². The lowest BCUT2D eigenvalue weighted by atomic mass is 10.4. The smallest absolute Gasteiger partial charge is 0.203 e. The first-order valence-electron chi connectivity index (χ1n) is 4.78. The Morgan fingerprint density at radius 3 is 1.44 bits per heavy atom. The molecule has 2 rings (SSSR count). The second-order valence-corrected chi connectivity index (χ2v) is 8.57. The maximum atomic E-state index is 11.9. The van der Waals surface area contributed by atoms with Gasteiger partial charge in [-0.2, -0.15) is 0 Å². The molecular formula is C12H10OPS2. The summed E-state index contributed by atoms with van der Waals surface area (Å²) in [7, 11) is 0. The molecule has 81 valence electrons. The zero-order chi connectivity index (χ0) is 11.2. The van der Waals surface area contributed by atoms with Crippen molar-refractivity contribution in [3.63, 3.8) is 0 Å². The lowest BCUT2D eigenvalue weighted by Crippen LogP contribution is -1.65. The number of hydrogen-bond donors (Lipinski definition) is 0. The first-order valence-corrected chi connectivity index (χ1v) is 8.88. The molecule has 0 unspecified atom stereocenters. The van der Waals surface area contributed by atoms with E-state index in [-0.39, 0.29) is 0 Å². The Hall–Kier alpha value is -0.760. The summed E-state index contributed by atoms with van der Waals surface area (Å²) in [4.78, 5) is 2.10. The third-order valence-electron chi connectivity index (χ3n) is 1.85. The van der Waals surface area contributed by atoms with Crippen molar-refractivity contribution in [1.82, 2.24) is 0 Å². The summed E-state index contributed by atoms with van der Waals surface area (Å²) in [6.07, 6.45) is -1.35. The largest absolute Gasteiger partial charge is 0.263 e. The van der Waals surface area contributed by atoms with Crippen LogP contribution >= 0.6 is 29.0 Å². The fourth-order valence-corrected chi connectivity index (χ4v) is 5.85. The van der Waals surface area contributed by atoms with Crippen LogP contribution in [0.25, 0.3) is 0 Å². The quantitative estimate of drug-likeness (QED) is 0.705. The first-order chi connectivity index (χ1) is 7.84. The predicted molar refractivity (Wildman–Crippen MR) is 72.2 cm³/mol. The zero-order valence-corrected chi connectivity index (χ0v) is 11.0. The summed E-state index contributed by atoms with van der Waals surface area (Å²) >= 11 is 2.82. The van der Waals surface area contributed by atoms with E-state index in [0.717, 1.165) is 9.79 Å². The Morgan fingerprint density at radius 1 is 0.688 bits per heavy atom. The summed E-state index contributed by atoms with van der Waals surface area (Å²) in [6.45, 7) is 0. The lowest BCUT2D eigenvalue weighted by Gasteiger charge is -2.00. The molecule has 0 saturated carbocycles. The molecule has 0 fully saturated rings. The third kappa shape index (κ3) is 3.67. The van der Waals surface area contributed by atoms with Crippen LogP contribution in [0.1, 0.15) is 0 Å². The summed E-state index contributed by atoms with van der Waals surface area (Å²) in [5.74, 6) is 0. The summed E-state index contributed by atoms with van der Waals surface area (Å²) in [5.41, 5.74) is 0. The van der Waals surface area contributed by atoms with Crippen molar-refractivity contribution in [3.05, 3.63) is 60.7 Å². The van der Waals surface area contributed by atoms with Crippen LogP contribution in [0.5, 0.6) is 0 Å². The second-order valence-electron chi connectivity index (χ2n) is 3.03. The topological polar surface area (TPSA) is 17.1 Å². The van der Waals surface area contributed by atoms with E-state index in [2.05, 4.69) is 0 Å². The maximum absolute atomic E-state index is 11.9. The van der Waals surface area contributed by atoms with Gasteiger partial charge in [-0.15, -0.1) is 0 Å². The highest BCUT2D eigenvalue weighted by Gasteiger charge is 2.05. The van der Waals surface area contributed by atoms with Crippen molar-refractivity contribution < 1.29 is 4.57 Å².